The van der Waals surface area contributed by atoms with Gasteiger partial charge in [-0.05, 0) is 11.6 Å². The Morgan fingerprint density at radius 1 is 1.23 bits per heavy atom. The molecule has 1 aliphatic heterocycles. The SMILES string of the molecule is CC(C)(C)c1ncc2c(n1)CCN(Cc1cncc(F)c1)C2. The van der Waals surface area contributed by atoms with Gasteiger partial charge in [-0.15, -0.1) is 0 Å². The van der Waals surface area contributed by atoms with Crippen LogP contribution in [0.15, 0.2) is 24.7 Å². The Kier molecular flexibility index (Phi) is 3.91. The van der Waals surface area contributed by atoms with Gasteiger partial charge >= 0.3 is 0 Å². The standard InChI is InChI=1S/C17H21FN4/c1-17(2,3)16-20-8-13-11-22(5-4-15(13)21-16)10-12-6-14(18)9-19-7-12/h6-9H,4-5,10-11H2,1-3H3. The Labute approximate surface area is 130 Å². The summed E-state index contributed by atoms with van der Waals surface area (Å²) in [5.74, 6) is 0.613. The Bertz CT molecular complexity index is 679. The quantitative estimate of drug-likeness (QED) is 0.855. The van der Waals surface area contributed by atoms with E-state index >= 15 is 0 Å². The molecule has 4 nitrogen and oxygen atoms in total. The van der Waals surface area contributed by atoms with Crippen molar-refractivity contribution in [1.29, 1.82) is 0 Å². The fourth-order valence-corrected chi connectivity index (χ4v) is 2.67. The summed E-state index contributed by atoms with van der Waals surface area (Å²) in [6.45, 7) is 8.80. The van der Waals surface area contributed by atoms with Crippen molar-refractivity contribution in [1.82, 2.24) is 19.9 Å². The van der Waals surface area contributed by atoms with E-state index in [4.69, 9.17) is 4.98 Å². The minimum absolute atomic E-state index is 0.0284. The van der Waals surface area contributed by atoms with E-state index in [1.165, 1.54) is 11.8 Å². The van der Waals surface area contributed by atoms with E-state index in [0.717, 1.165) is 36.6 Å². The zero-order valence-electron chi connectivity index (χ0n) is 13.3. The van der Waals surface area contributed by atoms with Crippen LogP contribution in [-0.4, -0.2) is 26.4 Å². The molecular formula is C17H21FN4. The number of nitrogens with zero attached hydrogens (tertiary/aromatic N) is 4. The lowest BCUT2D eigenvalue weighted by atomic mass is 9.95. The molecule has 0 unspecified atom stereocenters. The van der Waals surface area contributed by atoms with E-state index in [0.29, 0.717) is 6.54 Å². The normalized spacial score (nSPS) is 15.6. The summed E-state index contributed by atoms with van der Waals surface area (Å²) in [5, 5.41) is 0. The second-order valence-corrected chi connectivity index (χ2v) is 6.89. The minimum Gasteiger partial charge on any atom is -0.294 e. The van der Waals surface area contributed by atoms with Crippen molar-refractivity contribution in [3.05, 3.63) is 53.1 Å². The summed E-state index contributed by atoms with van der Waals surface area (Å²) in [4.78, 5) is 15.4. The van der Waals surface area contributed by atoms with Gasteiger partial charge in [0, 0.05) is 55.1 Å². The van der Waals surface area contributed by atoms with E-state index in [9.17, 15) is 4.39 Å². The Hall–Kier alpha value is -1.88. The number of aromatic nitrogens is 3. The molecule has 0 aromatic carbocycles. The van der Waals surface area contributed by atoms with Crippen LogP contribution in [0.5, 0.6) is 0 Å². The predicted molar refractivity (Wildman–Crippen MR) is 82.7 cm³/mol. The lowest BCUT2D eigenvalue weighted by Crippen LogP contribution is -2.32. The largest absolute Gasteiger partial charge is 0.294 e. The van der Waals surface area contributed by atoms with Crippen molar-refractivity contribution in [2.45, 2.75) is 45.7 Å². The van der Waals surface area contributed by atoms with E-state index in [2.05, 4.69) is 35.6 Å². The summed E-state index contributed by atoms with van der Waals surface area (Å²) in [7, 11) is 0. The number of pyridine rings is 1. The molecule has 0 saturated carbocycles. The summed E-state index contributed by atoms with van der Waals surface area (Å²) in [5.41, 5.74) is 3.19. The van der Waals surface area contributed by atoms with Crippen LogP contribution in [0.1, 0.15) is 43.4 Å². The fraction of sp³-hybridized carbons (Fsp3) is 0.471. The summed E-state index contributed by atoms with van der Waals surface area (Å²) in [6, 6.07) is 1.54. The van der Waals surface area contributed by atoms with Crippen LogP contribution in [0.25, 0.3) is 0 Å². The molecule has 3 heterocycles. The molecule has 0 N–H and O–H groups in total. The molecule has 3 rings (SSSR count). The second kappa shape index (κ2) is 5.72. The van der Waals surface area contributed by atoms with Crippen molar-refractivity contribution in [2.24, 2.45) is 0 Å². The molecule has 1 aliphatic rings. The first-order chi connectivity index (χ1) is 10.4. The van der Waals surface area contributed by atoms with Crippen molar-refractivity contribution in [3.63, 3.8) is 0 Å². The highest BCUT2D eigenvalue weighted by atomic mass is 19.1. The van der Waals surface area contributed by atoms with E-state index in [1.54, 1.807) is 12.3 Å². The van der Waals surface area contributed by atoms with E-state index in [1.807, 2.05) is 6.20 Å². The molecule has 5 heteroatoms. The van der Waals surface area contributed by atoms with Gasteiger partial charge in [0.1, 0.15) is 11.6 Å². The van der Waals surface area contributed by atoms with Gasteiger partial charge in [-0.3, -0.25) is 9.88 Å². The van der Waals surface area contributed by atoms with Gasteiger partial charge < -0.3 is 0 Å². The maximum absolute atomic E-state index is 13.2. The van der Waals surface area contributed by atoms with Crippen LogP contribution in [0.2, 0.25) is 0 Å². The first-order valence-electron chi connectivity index (χ1n) is 7.59. The fourth-order valence-electron chi connectivity index (χ4n) is 2.67. The van der Waals surface area contributed by atoms with Crippen molar-refractivity contribution in [3.8, 4) is 0 Å². The first-order valence-corrected chi connectivity index (χ1v) is 7.59. The summed E-state index contributed by atoms with van der Waals surface area (Å²) < 4.78 is 13.2. The summed E-state index contributed by atoms with van der Waals surface area (Å²) >= 11 is 0. The zero-order chi connectivity index (χ0) is 15.7. The van der Waals surface area contributed by atoms with Gasteiger partial charge in [-0.2, -0.15) is 0 Å². The van der Waals surface area contributed by atoms with Gasteiger partial charge in [0.25, 0.3) is 0 Å². The molecule has 0 saturated heterocycles. The number of halogens is 1. The third-order valence-electron chi connectivity index (χ3n) is 3.85. The Morgan fingerprint density at radius 3 is 2.77 bits per heavy atom. The molecule has 0 fully saturated rings. The van der Waals surface area contributed by atoms with Crippen molar-refractivity contribution < 1.29 is 4.39 Å². The van der Waals surface area contributed by atoms with Crippen LogP contribution in [0, 0.1) is 5.82 Å². The third kappa shape index (κ3) is 3.30. The molecule has 0 bridgehead atoms. The monoisotopic (exact) mass is 300 g/mol. The van der Waals surface area contributed by atoms with Crippen LogP contribution in [-0.2, 0) is 24.9 Å². The maximum Gasteiger partial charge on any atom is 0.141 e. The molecule has 22 heavy (non-hydrogen) atoms. The smallest absolute Gasteiger partial charge is 0.141 e. The van der Waals surface area contributed by atoms with Crippen LogP contribution >= 0.6 is 0 Å². The van der Waals surface area contributed by atoms with Gasteiger partial charge in [0.05, 0.1) is 6.20 Å². The van der Waals surface area contributed by atoms with Gasteiger partial charge in [0.2, 0.25) is 0 Å². The molecule has 0 radical (unpaired) electrons. The highest BCUT2D eigenvalue weighted by molar-refractivity contribution is 5.23. The lowest BCUT2D eigenvalue weighted by molar-refractivity contribution is 0.241. The van der Waals surface area contributed by atoms with Gasteiger partial charge in [-0.1, -0.05) is 20.8 Å². The minimum atomic E-state index is -0.284. The van der Waals surface area contributed by atoms with Crippen LogP contribution in [0.4, 0.5) is 4.39 Å². The third-order valence-corrected chi connectivity index (χ3v) is 3.85. The van der Waals surface area contributed by atoms with Crippen molar-refractivity contribution >= 4 is 0 Å². The number of hydrogen-bond donors (Lipinski definition) is 0. The number of rotatable bonds is 2. The Balaban J connectivity index is 1.74. The van der Waals surface area contributed by atoms with Crippen molar-refractivity contribution in [2.75, 3.05) is 6.54 Å². The average Bonchev–Trinajstić information content (AvgIpc) is 2.45. The second-order valence-electron chi connectivity index (χ2n) is 6.89. The zero-order valence-corrected chi connectivity index (χ0v) is 13.3. The lowest BCUT2D eigenvalue weighted by Gasteiger charge is -2.29. The maximum atomic E-state index is 13.2. The van der Waals surface area contributed by atoms with E-state index in [-0.39, 0.29) is 11.2 Å². The Morgan fingerprint density at radius 2 is 2.05 bits per heavy atom. The van der Waals surface area contributed by atoms with Crippen LogP contribution < -0.4 is 0 Å². The van der Waals surface area contributed by atoms with E-state index < -0.39 is 0 Å². The highest BCUT2D eigenvalue weighted by Crippen LogP contribution is 2.23. The predicted octanol–water partition coefficient (Wildman–Crippen LogP) is 2.87. The molecule has 2 aromatic rings. The van der Waals surface area contributed by atoms with Crippen LogP contribution in [0.3, 0.4) is 0 Å². The number of fused-ring (bicyclic) bond motifs is 1. The number of hydrogen-bond acceptors (Lipinski definition) is 4. The molecular weight excluding hydrogens is 279 g/mol. The molecule has 0 amide bonds. The highest BCUT2D eigenvalue weighted by Gasteiger charge is 2.22. The molecule has 0 spiro atoms. The van der Waals surface area contributed by atoms with Gasteiger partial charge in [0.15, 0.2) is 0 Å². The molecule has 0 aliphatic carbocycles. The first kappa shape index (κ1) is 15.0. The summed E-state index contributed by atoms with van der Waals surface area (Å²) in [6.07, 6.45) is 5.80. The molecule has 0 atom stereocenters. The average molecular weight is 300 g/mol. The van der Waals surface area contributed by atoms with Gasteiger partial charge in [-0.25, -0.2) is 14.4 Å². The molecule has 2 aromatic heterocycles. The molecule has 116 valence electrons. The topological polar surface area (TPSA) is 41.9 Å².